The Balaban J connectivity index is 1.57. The number of fused-ring (bicyclic) bond motifs is 1. The highest BCUT2D eigenvalue weighted by atomic mass is 32.1. The number of thiazole rings is 1. The fourth-order valence-corrected chi connectivity index (χ4v) is 3.79. The third-order valence-electron chi connectivity index (χ3n) is 4.11. The summed E-state index contributed by atoms with van der Waals surface area (Å²) >= 11 is 1.55. The topological polar surface area (TPSA) is 54.0 Å². The molecule has 1 amide bonds. The predicted molar refractivity (Wildman–Crippen MR) is 87.8 cm³/mol. The molecule has 0 spiro atoms. The zero-order valence-corrected chi connectivity index (χ0v) is 13.1. The maximum Gasteiger partial charge on any atom is 0.226 e. The molecule has 21 heavy (non-hydrogen) atoms. The van der Waals surface area contributed by atoms with Gasteiger partial charge in [-0.3, -0.25) is 4.79 Å². The number of anilines is 1. The largest absolute Gasteiger partial charge is 0.317 e. The minimum absolute atomic E-state index is 0.0882. The average Bonchev–Trinajstić information content (AvgIpc) is 2.90. The SMILES string of the molecule is Cc1cccc2sc(NC(=O)CCC3CCNCC3)nc12. The first kappa shape index (κ1) is 14.5. The molecule has 1 aromatic carbocycles. The summed E-state index contributed by atoms with van der Waals surface area (Å²) in [5, 5.41) is 7.02. The van der Waals surface area contributed by atoms with Gasteiger partial charge in [-0.2, -0.15) is 0 Å². The van der Waals surface area contributed by atoms with Crippen molar-refractivity contribution in [3.05, 3.63) is 23.8 Å². The van der Waals surface area contributed by atoms with Crippen LogP contribution < -0.4 is 10.6 Å². The molecule has 1 fully saturated rings. The van der Waals surface area contributed by atoms with Crippen LogP contribution in [-0.2, 0) is 4.79 Å². The number of piperidine rings is 1. The third kappa shape index (κ3) is 3.60. The lowest BCUT2D eigenvalue weighted by atomic mass is 9.93. The molecule has 0 atom stereocenters. The van der Waals surface area contributed by atoms with Crippen molar-refractivity contribution in [2.45, 2.75) is 32.6 Å². The van der Waals surface area contributed by atoms with Crippen LogP contribution in [0.3, 0.4) is 0 Å². The first-order valence-electron chi connectivity index (χ1n) is 7.59. The number of aryl methyl sites for hydroxylation is 1. The molecule has 4 nitrogen and oxygen atoms in total. The number of carbonyl (C=O) groups is 1. The number of hydrogen-bond donors (Lipinski definition) is 2. The molecule has 1 aliphatic heterocycles. The molecule has 0 unspecified atom stereocenters. The fourth-order valence-electron chi connectivity index (χ4n) is 2.83. The van der Waals surface area contributed by atoms with Crippen LogP contribution in [0.25, 0.3) is 10.2 Å². The van der Waals surface area contributed by atoms with Gasteiger partial charge in [0, 0.05) is 6.42 Å². The second-order valence-corrected chi connectivity index (χ2v) is 6.75. The summed E-state index contributed by atoms with van der Waals surface area (Å²) in [6, 6.07) is 6.12. The van der Waals surface area contributed by atoms with E-state index in [2.05, 4.69) is 15.6 Å². The van der Waals surface area contributed by atoms with Crippen LogP contribution in [0, 0.1) is 12.8 Å². The summed E-state index contributed by atoms with van der Waals surface area (Å²) in [5.41, 5.74) is 2.15. The van der Waals surface area contributed by atoms with E-state index in [0.717, 1.165) is 40.4 Å². The lowest BCUT2D eigenvalue weighted by molar-refractivity contribution is -0.116. The Morgan fingerprint density at radius 2 is 2.24 bits per heavy atom. The number of rotatable bonds is 4. The maximum atomic E-state index is 12.1. The smallest absolute Gasteiger partial charge is 0.226 e. The number of benzene rings is 1. The molecule has 1 aromatic heterocycles. The van der Waals surface area contributed by atoms with Crippen LogP contribution in [0.2, 0.25) is 0 Å². The second kappa shape index (κ2) is 6.54. The Morgan fingerprint density at radius 3 is 3.00 bits per heavy atom. The Hall–Kier alpha value is -1.46. The molecule has 2 aromatic rings. The highest BCUT2D eigenvalue weighted by molar-refractivity contribution is 7.22. The molecule has 0 aliphatic carbocycles. The van der Waals surface area contributed by atoms with Gasteiger partial charge in [-0.25, -0.2) is 4.98 Å². The Labute approximate surface area is 129 Å². The van der Waals surface area contributed by atoms with Crippen molar-refractivity contribution in [2.24, 2.45) is 5.92 Å². The number of para-hydroxylation sites is 1. The molecule has 2 N–H and O–H groups in total. The van der Waals surface area contributed by atoms with Gasteiger partial charge in [0.25, 0.3) is 0 Å². The number of nitrogens with zero attached hydrogens (tertiary/aromatic N) is 1. The predicted octanol–water partition coefficient (Wildman–Crippen LogP) is 3.32. The van der Waals surface area contributed by atoms with Crippen LogP contribution in [0.4, 0.5) is 5.13 Å². The van der Waals surface area contributed by atoms with Gasteiger partial charge in [0.1, 0.15) is 0 Å². The van der Waals surface area contributed by atoms with Gasteiger partial charge in [0.2, 0.25) is 5.91 Å². The van der Waals surface area contributed by atoms with Crippen LogP contribution in [-0.4, -0.2) is 24.0 Å². The summed E-state index contributed by atoms with van der Waals surface area (Å²) in [6.07, 6.45) is 3.96. The van der Waals surface area contributed by atoms with Crippen LogP contribution in [0.1, 0.15) is 31.2 Å². The van der Waals surface area contributed by atoms with Crippen molar-refractivity contribution in [1.29, 1.82) is 0 Å². The van der Waals surface area contributed by atoms with Gasteiger partial charge in [-0.15, -0.1) is 0 Å². The Morgan fingerprint density at radius 1 is 1.43 bits per heavy atom. The van der Waals surface area contributed by atoms with Crippen molar-refractivity contribution < 1.29 is 4.79 Å². The molecule has 112 valence electrons. The van der Waals surface area contributed by atoms with E-state index in [4.69, 9.17) is 0 Å². The third-order valence-corrected chi connectivity index (χ3v) is 5.04. The van der Waals surface area contributed by atoms with Crippen molar-refractivity contribution in [2.75, 3.05) is 18.4 Å². The lowest BCUT2D eigenvalue weighted by Gasteiger charge is -2.21. The molecular formula is C16H21N3OS. The molecule has 0 bridgehead atoms. The zero-order chi connectivity index (χ0) is 14.7. The van der Waals surface area contributed by atoms with E-state index in [1.807, 2.05) is 25.1 Å². The van der Waals surface area contributed by atoms with E-state index in [0.29, 0.717) is 12.3 Å². The molecular weight excluding hydrogens is 282 g/mol. The first-order chi connectivity index (χ1) is 10.2. The van der Waals surface area contributed by atoms with Gasteiger partial charge in [0.15, 0.2) is 5.13 Å². The Bertz CT molecular complexity index is 631. The number of nitrogens with one attached hydrogen (secondary N) is 2. The number of aromatic nitrogens is 1. The summed E-state index contributed by atoms with van der Waals surface area (Å²) in [4.78, 5) is 16.6. The molecule has 2 heterocycles. The molecule has 1 saturated heterocycles. The van der Waals surface area contributed by atoms with Gasteiger partial charge in [-0.05, 0) is 56.8 Å². The molecule has 5 heteroatoms. The highest BCUT2D eigenvalue weighted by Gasteiger charge is 2.15. The van der Waals surface area contributed by atoms with Crippen molar-refractivity contribution in [3.8, 4) is 0 Å². The van der Waals surface area contributed by atoms with Crippen LogP contribution in [0.15, 0.2) is 18.2 Å². The number of amides is 1. The average molecular weight is 303 g/mol. The minimum Gasteiger partial charge on any atom is -0.317 e. The van der Waals surface area contributed by atoms with Gasteiger partial charge < -0.3 is 10.6 Å². The number of carbonyl (C=O) groups excluding carboxylic acids is 1. The van der Waals surface area contributed by atoms with Gasteiger partial charge in [0.05, 0.1) is 10.2 Å². The van der Waals surface area contributed by atoms with Crippen LogP contribution in [0.5, 0.6) is 0 Å². The summed E-state index contributed by atoms with van der Waals surface area (Å²) in [7, 11) is 0. The molecule has 1 aliphatic rings. The maximum absolute atomic E-state index is 12.1. The van der Waals surface area contributed by atoms with E-state index in [1.54, 1.807) is 11.3 Å². The minimum atomic E-state index is 0.0882. The summed E-state index contributed by atoms with van der Waals surface area (Å²) < 4.78 is 1.13. The summed E-state index contributed by atoms with van der Waals surface area (Å²) in [5.74, 6) is 0.778. The van der Waals surface area contributed by atoms with Gasteiger partial charge in [-0.1, -0.05) is 23.5 Å². The zero-order valence-electron chi connectivity index (χ0n) is 12.3. The number of hydrogen-bond acceptors (Lipinski definition) is 4. The Kier molecular flexibility index (Phi) is 4.51. The van der Waals surface area contributed by atoms with E-state index in [1.165, 1.54) is 12.8 Å². The van der Waals surface area contributed by atoms with Crippen LogP contribution >= 0.6 is 11.3 Å². The normalized spacial score (nSPS) is 16.2. The monoisotopic (exact) mass is 303 g/mol. The molecule has 3 rings (SSSR count). The fraction of sp³-hybridized carbons (Fsp3) is 0.500. The second-order valence-electron chi connectivity index (χ2n) is 5.72. The summed E-state index contributed by atoms with van der Waals surface area (Å²) in [6.45, 7) is 4.22. The highest BCUT2D eigenvalue weighted by Crippen LogP contribution is 2.28. The molecule has 0 radical (unpaired) electrons. The van der Waals surface area contributed by atoms with Crippen molar-refractivity contribution in [3.63, 3.8) is 0 Å². The van der Waals surface area contributed by atoms with Crippen molar-refractivity contribution in [1.82, 2.24) is 10.3 Å². The van der Waals surface area contributed by atoms with E-state index >= 15 is 0 Å². The van der Waals surface area contributed by atoms with E-state index < -0.39 is 0 Å². The van der Waals surface area contributed by atoms with E-state index in [9.17, 15) is 4.79 Å². The first-order valence-corrected chi connectivity index (χ1v) is 8.41. The van der Waals surface area contributed by atoms with Gasteiger partial charge >= 0.3 is 0 Å². The standard InChI is InChI=1S/C16H21N3OS/c1-11-3-2-4-13-15(11)19-16(21-13)18-14(20)6-5-12-7-9-17-10-8-12/h2-4,12,17H,5-10H2,1H3,(H,18,19,20). The lowest BCUT2D eigenvalue weighted by Crippen LogP contribution is -2.28. The quantitative estimate of drug-likeness (QED) is 0.911. The van der Waals surface area contributed by atoms with Crippen molar-refractivity contribution >= 4 is 32.6 Å². The molecule has 0 saturated carbocycles. The van der Waals surface area contributed by atoms with E-state index in [-0.39, 0.29) is 5.91 Å².